The second-order valence-corrected chi connectivity index (χ2v) is 5.90. The molecule has 0 unspecified atom stereocenters. The van der Waals surface area contributed by atoms with Crippen LogP contribution in [-0.2, 0) is 4.74 Å². The van der Waals surface area contributed by atoms with Crippen LogP contribution < -0.4 is 10.6 Å². The van der Waals surface area contributed by atoms with Crippen LogP contribution in [0.2, 0.25) is 0 Å². The Morgan fingerprint density at radius 1 is 1.26 bits per heavy atom. The lowest BCUT2D eigenvalue weighted by Crippen LogP contribution is -2.41. The molecule has 1 aliphatic rings. The molecule has 0 aromatic rings. The van der Waals surface area contributed by atoms with E-state index in [2.05, 4.69) is 30.7 Å². The highest BCUT2D eigenvalue weighted by molar-refractivity contribution is 14.0. The zero-order chi connectivity index (χ0) is 13.3. The standard InChI is InChI=1S/C13H27N3OS.HI/c1-4-8-15-12(14-5-2)16-11-13(18-3)6-9-17-10-7-13;/h4-11H2,1-3H3,(H2,14,15,16);1H. The normalized spacial score (nSPS) is 18.6. The number of ether oxygens (including phenoxy) is 1. The zero-order valence-corrected chi connectivity index (χ0v) is 15.5. The van der Waals surface area contributed by atoms with Crippen molar-refractivity contribution in [3.8, 4) is 0 Å². The molecule has 6 heteroatoms. The molecule has 0 aromatic heterocycles. The fraction of sp³-hybridized carbons (Fsp3) is 0.923. The Bertz CT molecular complexity index is 258. The minimum absolute atomic E-state index is 0. The Balaban J connectivity index is 0.00000324. The molecule has 1 heterocycles. The van der Waals surface area contributed by atoms with Gasteiger partial charge in [-0.2, -0.15) is 11.8 Å². The average molecular weight is 401 g/mol. The molecule has 0 saturated carbocycles. The van der Waals surface area contributed by atoms with Gasteiger partial charge in [-0.15, -0.1) is 24.0 Å². The van der Waals surface area contributed by atoms with E-state index in [9.17, 15) is 0 Å². The summed E-state index contributed by atoms with van der Waals surface area (Å²) in [6.07, 6.45) is 5.51. The van der Waals surface area contributed by atoms with Gasteiger partial charge < -0.3 is 15.4 Å². The molecule has 114 valence electrons. The second-order valence-electron chi connectivity index (χ2n) is 4.62. The number of nitrogens with zero attached hydrogens (tertiary/aromatic N) is 1. The molecule has 19 heavy (non-hydrogen) atoms. The summed E-state index contributed by atoms with van der Waals surface area (Å²) in [5, 5.41) is 6.65. The van der Waals surface area contributed by atoms with Crippen LogP contribution in [0.15, 0.2) is 4.99 Å². The van der Waals surface area contributed by atoms with Crippen molar-refractivity contribution in [1.82, 2.24) is 10.6 Å². The van der Waals surface area contributed by atoms with Gasteiger partial charge in [0.15, 0.2) is 5.96 Å². The molecule has 1 saturated heterocycles. The summed E-state index contributed by atoms with van der Waals surface area (Å²) >= 11 is 1.93. The first-order chi connectivity index (χ1) is 8.76. The second kappa shape index (κ2) is 11.0. The highest BCUT2D eigenvalue weighted by atomic mass is 127. The van der Waals surface area contributed by atoms with Crippen LogP contribution >= 0.6 is 35.7 Å². The quantitative estimate of drug-likeness (QED) is 0.408. The maximum Gasteiger partial charge on any atom is 0.191 e. The molecule has 0 spiro atoms. The zero-order valence-electron chi connectivity index (χ0n) is 12.3. The van der Waals surface area contributed by atoms with Crippen molar-refractivity contribution in [3.05, 3.63) is 0 Å². The van der Waals surface area contributed by atoms with Crippen LogP contribution in [0.4, 0.5) is 0 Å². The number of guanidine groups is 1. The summed E-state index contributed by atoms with van der Waals surface area (Å²) in [6.45, 7) is 8.76. The number of nitrogens with one attached hydrogen (secondary N) is 2. The van der Waals surface area contributed by atoms with Gasteiger partial charge in [-0.1, -0.05) is 6.92 Å². The van der Waals surface area contributed by atoms with E-state index < -0.39 is 0 Å². The van der Waals surface area contributed by atoms with Crippen LogP contribution in [0.25, 0.3) is 0 Å². The van der Waals surface area contributed by atoms with E-state index >= 15 is 0 Å². The molecule has 0 aromatic carbocycles. The highest BCUT2D eigenvalue weighted by Gasteiger charge is 2.31. The summed E-state index contributed by atoms with van der Waals surface area (Å²) in [4.78, 5) is 4.74. The summed E-state index contributed by atoms with van der Waals surface area (Å²) in [7, 11) is 0. The molecule has 4 nitrogen and oxygen atoms in total. The Labute approximate surface area is 138 Å². The lowest BCUT2D eigenvalue weighted by atomic mass is 9.99. The number of hydrogen-bond acceptors (Lipinski definition) is 3. The first-order valence-electron chi connectivity index (χ1n) is 6.91. The van der Waals surface area contributed by atoms with Gasteiger partial charge in [-0.05, 0) is 32.4 Å². The van der Waals surface area contributed by atoms with Crippen molar-refractivity contribution in [3.63, 3.8) is 0 Å². The largest absolute Gasteiger partial charge is 0.381 e. The van der Waals surface area contributed by atoms with Crippen LogP contribution in [0.3, 0.4) is 0 Å². The summed E-state index contributed by atoms with van der Waals surface area (Å²) in [6, 6.07) is 0. The first-order valence-corrected chi connectivity index (χ1v) is 8.14. The molecule has 2 N–H and O–H groups in total. The number of thioether (sulfide) groups is 1. The maximum absolute atomic E-state index is 5.45. The molecule has 1 aliphatic heterocycles. The fourth-order valence-corrected chi connectivity index (χ4v) is 2.75. The van der Waals surface area contributed by atoms with Gasteiger partial charge in [-0.3, -0.25) is 4.99 Å². The van der Waals surface area contributed by atoms with Gasteiger partial charge >= 0.3 is 0 Å². The Kier molecular flexibility index (Phi) is 11.2. The van der Waals surface area contributed by atoms with Gasteiger partial charge in [0.2, 0.25) is 0 Å². The summed E-state index contributed by atoms with van der Waals surface area (Å²) in [5.41, 5.74) is 0. The van der Waals surface area contributed by atoms with Crippen LogP contribution in [0, 0.1) is 0 Å². The Morgan fingerprint density at radius 2 is 1.95 bits per heavy atom. The van der Waals surface area contributed by atoms with E-state index in [1.165, 1.54) is 0 Å². The minimum atomic E-state index is 0. The molecule has 0 radical (unpaired) electrons. The van der Waals surface area contributed by atoms with Gasteiger partial charge in [0.1, 0.15) is 0 Å². The van der Waals surface area contributed by atoms with E-state index in [0.29, 0.717) is 0 Å². The first kappa shape index (κ1) is 19.3. The Morgan fingerprint density at radius 3 is 2.47 bits per heavy atom. The third-order valence-electron chi connectivity index (χ3n) is 3.25. The van der Waals surface area contributed by atoms with Gasteiger partial charge in [0.05, 0.1) is 6.54 Å². The SMILES string of the molecule is CCCNC(=NCC1(SC)CCOCC1)NCC.I. The molecule has 0 atom stereocenters. The molecule has 0 amide bonds. The molecular formula is C13H28IN3OS. The molecule has 1 rings (SSSR count). The summed E-state index contributed by atoms with van der Waals surface area (Å²) in [5.74, 6) is 0.944. The third-order valence-corrected chi connectivity index (χ3v) is 4.65. The van der Waals surface area contributed by atoms with Gasteiger partial charge in [-0.25, -0.2) is 0 Å². The molecular weight excluding hydrogens is 373 g/mol. The number of halogens is 1. The van der Waals surface area contributed by atoms with Crippen molar-refractivity contribution in [2.45, 2.75) is 37.9 Å². The number of aliphatic imine (C=N–C) groups is 1. The van der Waals surface area contributed by atoms with E-state index in [1.54, 1.807) is 0 Å². The topological polar surface area (TPSA) is 45.7 Å². The van der Waals surface area contributed by atoms with Crippen molar-refractivity contribution in [1.29, 1.82) is 0 Å². The predicted octanol–water partition coefficient (Wildman–Crippen LogP) is 2.48. The van der Waals surface area contributed by atoms with Crippen molar-refractivity contribution < 1.29 is 4.74 Å². The number of hydrogen-bond donors (Lipinski definition) is 2. The van der Waals surface area contributed by atoms with E-state index in [1.807, 2.05) is 11.8 Å². The maximum atomic E-state index is 5.45. The lowest BCUT2D eigenvalue weighted by Gasteiger charge is -2.34. The van der Waals surface area contributed by atoms with Crippen LogP contribution in [0.1, 0.15) is 33.1 Å². The van der Waals surface area contributed by atoms with E-state index in [-0.39, 0.29) is 28.7 Å². The third kappa shape index (κ3) is 7.04. The van der Waals surface area contributed by atoms with Crippen molar-refractivity contribution in [2.75, 3.05) is 39.1 Å². The van der Waals surface area contributed by atoms with Gasteiger partial charge in [0.25, 0.3) is 0 Å². The monoisotopic (exact) mass is 401 g/mol. The highest BCUT2D eigenvalue weighted by Crippen LogP contribution is 2.33. The smallest absolute Gasteiger partial charge is 0.191 e. The molecule has 1 fully saturated rings. The lowest BCUT2D eigenvalue weighted by molar-refractivity contribution is 0.0794. The van der Waals surface area contributed by atoms with Crippen molar-refractivity contribution in [2.24, 2.45) is 4.99 Å². The fourth-order valence-electron chi connectivity index (χ4n) is 1.98. The molecule has 0 aliphatic carbocycles. The van der Waals surface area contributed by atoms with Crippen LogP contribution in [-0.4, -0.2) is 49.8 Å². The van der Waals surface area contributed by atoms with E-state index in [4.69, 9.17) is 9.73 Å². The minimum Gasteiger partial charge on any atom is -0.381 e. The number of rotatable bonds is 6. The predicted molar refractivity (Wildman–Crippen MR) is 96.0 cm³/mol. The van der Waals surface area contributed by atoms with Crippen LogP contribution in [0.5, 0.6) is 0 Å². The van der Waals surface area contributed by atoms with Crippen molar-refractivity contribution >= 4 is 41.7 Å². The molecule has 0 bridgehead atoms. The summed E-state index contributed by atoms with van der Waals surface area (Å²) < 4.78 is 5.72. The Hall–Kier alpha value is 0.310. The van der Waals surface area contributed by atoms with E-state index in [0.717, 1.165) is 58.1 Å². The average Bonchev–Trinajstić information content (AvgIpc) is 2.43. The van der Waals surface area contributed by atoms with Gasteiger partial charge in [0, 0.05) is 31.1 Å².